The first-order valence-corrected chi connectivity index (χ1v) is 15.8. The highest BCUT2D eigenvalue weighted by Gasteiger charge is 2.39. The molecule has 0 N–H and O–H groups in total. The maximum absolute atomic E-state index is 13.6. The third-order valence-corrected chi connectivity index (χ3v) is 10.6. The predicted molar refractivity (Wildman–Crippen MR) is 139 cm³/mol. The van der Waals surface area contributed by atoms with Gasteiger partial charge in [-0.25, -0.2) is 21.8 Å². The van der Waals surface area contributed by atoms with Gasteiger partial charge >= 0.3 is 0 Å². The SMILES string of the molecule is Cc1cccc(CS(=O)(=O)c2ncc(CN(C3CC3)S(=O)(=O)c3ccccc3)n2C2CCCCC2)c1. The molecule has 1 aromatic heterocycles. The van der Waals surface area contributed by atoms with Gasteiger partial charge in [-0.3, -0.25) is 0 Å². The van der Waals surface area contributed by atoms with E-state index in [1.807, 2.05) is 35.8 Å². The van der Waals surface area contributed by atoms with E-state index in [0.29, 0.717) is 5.69 Å². The second-order valence-corrected chi connectivity index (χ2v) is 13.8. The van der Waals surface area contributed by atoms with Crippen molar-refractivity contribution in [3.05, 3.63) is 77.6 Å². The molecule has 0 amide bonds. The van der Waals surface area contributed by atoms with Gasteiger partial charge in [0.1, 0.15) is 0 Å². The lowest BCUT2D eigenvalue weighted by Crippen LogP contribution is -2.34. The molecule has 0 atom stereocenters. The quantitative estimate of drug-likeness (QED) is 0.390. The fourth-order valence-electron chi connectivity index (χ4n) is 5.20. The molecule has 0 spiro atoms. The van der Waals surface area contributed by atoms with Crippen LogP contribution in [0.1, 0.15) is 67.8 Å². The molecule has 9 heteroatoms. The molecule has 2 aromatic carbocycles. The number of aromatic nitrogens is 2. The Kier molecular flexibility index (Phi) is 7.07. The van der Waals surface area contributed by atoms with Crippen LogP contribution in [-0.2, 0) is 32.2 Å². The van der Waals surface area contributed by atoms with Crippen molar-refractivity contribution in [2.24, 2.45) is 0 Å². The summed E-state index contributed by atoms with van der Waals surface area (Å²) in [5.41, 5.74) is 2.38. The highest BCUT2D eigenvalue weighted by Crippen LogP contribution is 2.37. The zero-order chi connectivity index (χ0) is 25.3. The number of sulfone groups is 1. The molecular formula is C27H33N3O4S2. The summed E-state index contributed by atoms with van der Waals surface area (Å²) in [6, 6.07) is 15.9. The molecule has 2 aliphatic rings. The largest absolute Gasteiger partial charge is 0.315 e. The Labute approximate surface area is 214 Å². The second-order valence-electron chi connectivity index (χ2n) is 10.0. The normalized spacial score (nSPS) is 17.5. The summed E-state index contributed by atoms with van der Waals surface area (Å²) in [6.07, 6.45) is 8.10. The van der Waals surface area contributed by atoms with Crippen LogP contribution >= 0.6 is 0 Å². The van der Waals surface area contributed by atoms with E-state index in [1.165, 1.54) is 4.31 Å². The fourth-order valence-corrected chi connectivity index (χ4v) is 8.40. The molecule has 2 saturated carbocycles. The number of nitrogens with zero attached hydrogens (tertiary/aromatic N) is 3. The fraction of sp³-hybridized carbons (Fsp3) is 0.444. The van der Waals surface area contributed by atoms with Gasteiger partial charge in [0.15, 0.2) is 0 Å². The second kappa shape index (κ2) is 10.1. The first-order valence-electron chi connectivity index (χ1n) is 12.7. The van der Waals surface area contributed by atoms with Gasteiger partial charge in [-0.15, -0.1) is 0 Å². The molecule has 0 bridgehead atoms. The summed E-state index contributed by atoms with van der Waals surface area (Å²) in [6.45, 7) is 2.06. The lowest BCUT2D eigenvalue weighted by molar-refractivity contribution is 0.312. The standard InChI is InChI=1S/C27H33N3O4S2/c1-21-9-8-10-22(17-21)20-35(31,32)27-28-18-25(30(27)24-11-4-2-5-12-24)19-29(23-15-16-23)36(33,34)26-13-6-3-7-14-26/h3,6-10,13-14,17-18,23-24H,2,4-5,11-12,15-16,19-20H2,1H3. The van der Waals surface area contributed by atoms with Gasteiger partial charge in [0.2, 0.25) is 25.0 Å². The predicted octanol–water partition coefficient (Wildman–Crippen LogP) is 5.02. The van der Waals surface area contributed by atoms with Crippen LogP contribution in [0.25, 0.3) is 0 Å². The minimum atomic E-state index is -3.73. The molecule has 7 nitrogen and oxygen atoms in total. The Morgan fingerprint density at radius 1 is 0.917 bits per heavy atom. The van der Waals surface area contributed by atoms with Crippen molar-refractivity contribution >= 4 is 19.9 Å². The summed E-state index contributed by atoms with van der Waals surface area (Å²) in [4.78, 5) is 4.68. The highest BCUT2D eigenvalue weighted by atomic mass is 32.2. The first kappa shape index (κ1) is 25.2. The molecule has 2 aliphatic carbocycles. The van der Waals surface area contributed by atoms with Crippen molar-refractivity contribution < 1.29 is 16.8 Å². The van der Waals surface area contributed by atoms with Crippen molar-refractivity contribution in [2.45, 2.75) is 86.3 Å². The third-order valence-electron chi connectivity index (χ3n) is 7.12. The molecule has 1 heterocycles. The summed E-state index contributed by atoms with van der Waals surface area (Å²) in [5, 5.41) is 0.0544. The molecule has 0 unspecified atom stereocenters. The van der Waals surface area contributed by atoms with Crippen LogP contribution in [0.4, 0.5) is 0 Å². The number of imidazole rings is 1. The maximum atomic E-state index is 13.6. The van der Waals surface area contributed by atoms with E-state index < -0.39 is 19.9 Å². The zero-order valence-corrected chi connectivity index (χ0v) is 22.2. The van der Waals surface area contributed by atoms with Crippen molar-refractivity contribution in [2.75, 3.05) is 0 Å². The van der Waals surface area contributed by atoms with E-state index >= 15 is 0 Å². The van der Waals surface area contributed by atoms with E-state index in [-0.39, 0.29) is 34.4 Å². The van der Waals surface area contributed by atoms with Gasteiger partial charge in [0.05, 0.1) is 29.1 Å². The zero-order valence-electron chi connectivity index (χ0n) is 20.6. The van der Waals surface area contributed by atoms with Crippen LogP contribution in [0.5, 0.6) is 0 Å². The maximum Gasteiger partial charge on any atom is 0.243 e. The molecule has 0 saturated heterocycles. The number of sulfonamides is 1. The van der Waals surface area contributed by atoms with Crippen LogP contribution < -0.4 is 0 Å². The van der Waals surface area contributed by atoms with Gasteiger partial charge in [-0.2, -0.15) is 4.31 Å². The minimum Gasteiger partial charge on any atom is -0.315 e. The van der Waals surface area contributed by atoms with Crippen molar-refractivity contribution in [1.29, 1.82) is 0 Å². The van der Waals surface area contributed by atoms with E-state index in [2.05, 4.69) is 4.98 Å². The highest BCUT2D eigenvalue weighted by molar-refractivity contribution is 7.90. The van der Waals surface area contributed by atoms with E-state index in [1.54, 1.807) is 36.5 Å². The van der Waals surface area contributed by atoms with Gasteiger partial charge < -0.3 is 4.57 Å². The first-order chi connectivity index (χ1) is 17.3. The van der Waals surface area contributed by atoms with Crippen molar-refractivity contribution in [1.82, 2.24) is 13.9 Å². The van der Waals surface area contributed by atoms with Crippen LogP contribution in [0, 0.1) is 6.92 Å². The average Bonchev–Trinajstić information content (AvgIpc) is 3.61. The van der Waals surface area contributed by atoms with Crippen LogP contribution in [0.2, 0.25) is 0 Å². The molecule has 0 radical (unpaired) electrons. The van der Waals surface area contributed by atoms with Gasteiger partial charge in [0, 0.05) is 12.1 Å². The Bertz CT molecular complexity index is 1420. The lowest BCUT2D eigenvalue weighted by Gasteiger charge is -2.28. The molecule has 3 aromatic rings. The molecule has 5 rings (SSSR count). The number of hydrogen-bond donors (Lipinski definition) is 0. The monoisotopic (exact) mass is 527 g/mol. The smallest absolute Gasteiger partial charge is 0.243 e. The Hall–Kier alpha value is -2.49. The van der Waals surface area contributed by atoms with Crippen molar-refractivity contribution in [3.8, 4) is 0 Å². The Balaban J connectivity index is 1.53. The lowest BCUT2D eigenvalue weighted by atomic mass is 9.95. The third kappa shape index (κ3) is 5.28. The van der Waals surface area contributed by atoms with E-state index in [0.717, 1.165) is 56.1 Å². The Morgan fingerprint density at radius 2 is 1.64 bits per heavy atom. The molecule has 192 valence electrons. The molecule has 0 aliphatic heterocycles. The number of hydrogen-bond acceptors (Lipinski definition) is 5. The number of aryl methyl sites for hydroxylation is 1. The van der Waals surface area contributed by atoms with Gasteiger partial charge in [-0.1, -0.05) is 67.3 Å². The van der Waals surface area contributed by atoms with Crippen LogP contribution in [-0.4, -0.2) is 36.7 Å². The topological polar surface area (TPSA) is 89.3 Å². The van der Waals surface area contributed by atoms with Gasteiger partial charge in [-0.05, 0) is 50.3 Å². The van der Waals surface area contributed by atoms with E-state index in [4.69, 9.17) is 0 Å². The summed E-state index contributed by atoms with van der Waals surface area (Å²) >= 11 is 0. The summed E-state index contributed by atoms with van der Waals surface area (Å²) < 4.78 is 57.8. The summed E-state index contributed by atoms with van der Waals surface area (Å²) in [5.74, 6) is -0.132. The molecule has 36 heavy (non-hydrogen) atoms. The summed E-state index contributed by atoms with van der Waals surface area (Å²) in [7, 11) is -7.45. The Morgan fingerprint density at radius 3 is 2.31 bits per heavy atom. The molecule has 2 fully saturated rings. The van der Waals surface area contributed by atoms with Gasteiger partial charge in [0.25, 0.3) is 0 Å². The average molecular weight is 528 g/mol. The van der Waals surface area contributed by atoms with Crippen molar-refractivity contribution in [3.63, 3.8) is 0 Å². The number of rotatable bonds is 9. The molecular weight excluding hydrogens is 494 g/mol. The minimum absolute atomic E-state index is 0.000910. The van der Waals surface area contributed by atoms with E-state index in [9.17, 15) is 16.8 Å². The number of benzene rings is 2. The van der Waals surface area contributed by atoms with Crippen LogP contribution in [0.3, 0.4) is 0 Å². The van der Waals surface area contributed by atoms with Crippen LogP contribution in [0.15, 0.2) is 70.8 Å².